The monoisotopic (exact) mass is 207 g/mol. The maximum Gasteiger partial charge on any atom is 0.148 e. The second-order valence-corrected chi connectivity index (χ2v) is 4.16. The molecule has 0 aromatic carbocycles. The Hall–Kier alpha value is -1.16. The van der Waals surface area contributed by atoms with Gasteiger partial charge in [0.15, 0.2) is 0 Å². The molecule has 1 heterocycles. The van der Waals surface area contributed by atoms with E-state index in [-0.39, 0.29) is 12.1 Å². The minimum absolute atomic E-state index is 0.135. The zero-order valence-corrected chi connectivity index (χ0v) is 8.98. The number of aryl methyl sites for hydroxylation is 1. The molecular formula is C11H17N3O. The van der Waals surface area contributed by atoms with Gasteiger partial charge in [-0.1, -0.05) is 12.8 Å². The van der Waals surface area contributed by atoms with Crippen molar-refractivity contribution in [2.45, 2.75) is 44.8 Å². The Labute approximate surface area is 89.7 Å². The van der Waals surface area contributed by atoms with Gasteiger partial charge in [0.05, 0.1) is 17.8 Å². The molecule has 1 fully saturated rings. The molecule has 15 heavy (non-hydrogen) atoms. The van der Waals surface area contributed by atoms with Crippen LogP contribution in [0.5, 0.6) is 0 Å². The minimum atomic E-state index is -0.248. The van der Waals surface area contributed by atoms with E-state index in [2.05, 4.69) is 15.5 Å². The van der Waals surface area contributed by atoms with Crippen molar-refractivity contribution in [3.05, 3.63) is 17.8 Å². The summed E-state index contributed by atoms with van der Waals surface area (Å²) >= 11 is 0. The molecule has 0 amide bonds. The van der Waals surface area contributed by atoms with Crippen LogP contribution in [-0.2, 0) is 0 Å². The fourth-order valence-corrected chi connectivity index (χ4v) is 1.95. The minimum Gasteiger partial charge on any atom is -0.391 e. The van der Waals surface area contributed by atoms with Crippen LogP contribution < -0.4 is 5.32 Å². The van der Waals surface area contributed by atoms with E-state index in [1.165, 1.54) is 6.42 Å². The third-order valence-electron chi connectivity index (χ3n) is 2.86. The first kappa shape index (κ1) is 10.4. The van der Waals surface area contributed by atoms with Gasteiger partial charge in [0.1, 0.15) is 5.82 Å². The Balaban J connectivity index is 1.98. The van der Waals surface area contributed by atoms with Crippen molar-refractivity contribution in [1.29, 1.82) is 0 Å². The van der Waals surface area contributed by atoms with Crippen LogP contribution in [-0.4, -0.2) is 27.4 Å². The van der Waals surface area contributed by atoms with Crippen LogP contribution in [0.3, 0.4) is 0 Å². The summed E-state index contributed by atoms with van der Waals surface area (Å²) in [7, 11) is 0. The molecule has 0 saturated heterocycles. The predicted octanol–water partition coefficient (Wildman–Crippen LogP) is 1.50. The maximum atomic E-state index is 9.77. The summed E-state index contributed by atoms with van der Waals surface area (Å²) < 4.78 is 0. The van der Waals surface area contributed by atoms with Crippen LogP contribution in [0.4, 0.5) is 5.82 Å². The van der Waals surface area contributed by atoms with Crippen LogP contribution in [0.1, 0.15) is 31.4 Å². The number of rotatable bonds is 2. The average molecular weight is 207 g/mol. The molecule has 1 aromatic rings. The topological polar surface area (TPSA) is 58.0 Å². The number of nitrogens with one attached hydrogen (secondary N) is 1. The summed E-state index contributed by atoms with van der Waals surface area (Å²) in [6, 6.07) is 3.96. The number of aliphatic hydroxyl groups is 1. The van der Waals surface area contributed by atoms with Crippen molar-refractivity contribution >= 4 is 5.82 Å². The number of aromatic nitrogens is 2. The van der Waals surface area contributed by atoms with Gasteiger partial charge in [-0.05, 0) is 31.9 Å². The lowest BCUT2D eigenvalue weighted by Crippen LogP contribution is -2.36. The van der Waals surface area contributed by atoms with Crippen molar-refractivity contribution in [1.82, 2.24) is 10.2 Å². The normalized spacial score (nSPS) is 26.3. The second-order valence-electron chi connectivity index (χ2n) is 4.16. The summed E-state index contributed by atoms with van der Waals surface area (Å²) in [5.74, 6) is 0.756. The third-order valence-corrected chi connectivity index (χ3v) is 2.86. The smallest absolute Gasteiger partial charge is 0.148 e. The van der Waals surface area contributed by atoms with Gasteiger partial charge >= 0.3 is 0 Å². The highest BCUT2D eigenvalue weighted by atomic mass is 16.3. The molecule has 1 aliphatic carbocycles. The molecular weight excluding hydrogens is 190 g/mol. The number of hydrogen-bond acceptors (Lipinski definition) is 4. The molecule has 4 nitrogen and oxygen atoms in total. The molecule has 2 atom stereocenters. The van der Waals surface area contributed by atoms with E-state index in [4.69, 9.17) is 0 Å². The zero-order valence-electron chi connectivity index (χ0n) is 8.98. The molecule has 1 aromatic heterocycles. The van der Waals surface area contributed by atoms with Gasteiger partial charge < -0.3 is 10.4 Å². The first-order valence-corrected chi connectivity index (χ1v) is 5.50. The van der Waals surface area contributed by atoms with Crippen LogP contribution >= 0.6 is 0 Å². The molecule has 0 aliphatic heterocycles. The molecule has 2 N–H and O–H groups in total. The highest BCUT2D eigenvalue weighted by Crippen LogP contribution is 2.21. The third kappa shape index (κ3) is 2.65. The lowest BCUT2D eigenvalue weighted by molar-refractivity contribution is 0.116. The lowest BCUT2D eigenvalue weighted by atomic mass is 9.93. The molecule has 82 valence electrons. The SMILES string of the molecule is Cc1ccc(NC2CCCCC2O)nn1. The Bertz CT molecular complexity index is 312. The Morgan fingerprint density at radius 2 is 2.07 bits per heavy atom. The van der Waals surface area contributed by atoms with E-state index in [9.17, 15) is 5.11 Å². The van der Waals surface area contributed by atoms with E-state index >= 15 is 0 Å². The molecule has 1 aliphatic rings. The van der Waals surface area contributed by atoms with Crippen molar-refractivity contribution in [2.75, 3.05) is 5.32 Å². The Morgan fingerprint density at radius 3 is 2.73 bits per heavy atom. The highest BCUT2D eigenvalue weighted by molar-refractivity contribution is 5.34. The summed E-state index contributed by atoms with van der Waals surface area (Å²) in [5.41, 5.74) is 0.907. The van der Waals surface area contributed by atoms with Gasteiger partial charge in [-0.2, -0.15) is 5.10 Å². The highest BCUT2D eigenvalue weighted by Gasteiger charge is 2.22. The lowest BCUT2D eigenvalue weighted by Gasteiger charge is -2.28. The molecule has 1 saturated carbocycles. The molecule has 0 radical (unpaired) electrons. The summed E-state index contributed by atoms with van der Waals surface area (Å²) in [4.78, 5) is 0. The van der Waals surface area contributed by atoms with Gasteiger partial charge in [-0.3, -0.25) is 0 Å². The van der Waals surface area contributed by atoms with E-state index < -0.39 is 0 Å². The van der Waals surface area contributed by atoms with Gasteiger partial charge in [-0.15, -0.1) is 5.10 Å². The average Bonchev–Trinajstić information content (AvgIpc) is 2.25. The Kier molecular flexibility index (Phi) is 3.16. The van der Waals surface area contributed by atoms with Gasteiger partial charge in [-0.25, -0.2) is 0 Å². The van der Waals surface area contributed by atoms with Crippen molar-refractivity contribution in [3.63, 3.8) is 0 Å². The standard InChI is InChI=1S/C11H17N3O/c1-8-6-7-11(14-13-8)12-9-4-2-3-5-10(9)15/h6-7,9-10,15H,2-5H2,1H3,(H,12,14). The van der Waals surface area contributed by atoms with Crippen molar-refractivity contribution in [3.8, 4) is 0 Å². The predicted molar refractivity (Wildman–Crippen MR) is 58.7 cm³/mol. The fraction of sp³-hybridized carbons (Fsp3) is 0.636. The molecule has 4 heteroatoms. The number of anilines is 1. The van der Waals surface area contributed by atoms with E-state index in [0.29, 0.717) is 0 Å². The molecule has 2 rings (SSSR count). The molecule has 0 bridgehead atoms. The largest absolute Gasteiger partial charge is 0.391 e. The maximum absolute atomic E-state index is 9.77. The molecule has 0 spiro atoms. The van der Waals surface area contributed by atoms with Crippen LogP contribution in [0.15, 0.2) is 12.1 Å². The number of nitrogens with zero attached hydrogens (tertiary/aromatic N) is 2. The van der Waals surface area contributed by atoms with E-state index in [0.717, 1.165) is 30.8 Å². The van der Waals surface area contributed by atoms with Crippen LogP contribution in [0, 0.1) is 6.92 Å². The zero-order chi connectivity index (χ0) is 10.7. The van der Waals surface area contributed by atoms with Crippen molar-refractivity contribution in [2.24, 2.45) is 0 Å². The first-order chi connectivity index (χ1) is 7.25. The number of aliphatic hydroxyl groups excluding tert-OH is 1. The fourth-order valence-electron chi connectivity index (χ4n) is 1.95. The van der Waals surface area contributed by atoms with Crippen LogP contribution in [0.25, 0.3) is 0 Å². The van der Waals surface area contributed by atoms with Gasteiger partial charge in [0.2, 0.25) is 0 Å². The van der Waals surface area contributed by atoms with Crippen molar-refractivity contribution < 1.29 is 5.11 Å². The quantitative estimate of drug-likeness (QED) is 0.771. The van der Waals surface area contributed by atoms with Gasteiger partial charge in [0.25, 0.3) is 0 Å². The Morgan fingerprint density at radius 1 is 1.27 bits per heavy atom. The first-order valence-electron chi connectivity index (χ1n) is 5.50. The number of hydrogen-bond donors (Lipinski definition) is 2. The van der Waals surface area contributed by atoms with Crippen LogP contribution in [0.2, 0.25) is 0 Å². The second kappa shape index (κ2) is 4.57. The summed E-state index contributed by atoms with van der Waals surface area (Å²) in [6.07, 6.45) is 3.95. The van der Waals surface area contributed by atoms with E-state index in [1.807, 2.05) is 19.1 Å². The summed E-state index contributed by atoms with van der Waals surface area (Å²) in [5, 5.41) is 21.0. The van der Waals surface area contributed by atoms with E-state index in [1.54, 1.807) is 0 Å². The summed E-state index contributed by atoms with van der Waals surface area (Å²) in [6.45, 7) is 1.91. The van der Waals surface area contributed by atoms with Gasteiger partial charge in [0, 0.05) is 0 Å². The molecule has 2 unspecified atom stereocenters.